The molecule has 0 aliphatic heterocycles. The second-order valence-corrected chi connectivity index (χ2v) is 7.11. The molecule has 0 amide bonds. The zero-order chi connectivity index (χ0) is 21.4. The van der Waals surface area contributed by atoms with Crippen LogP contribution >= 0.6 is 23.2 Å². The molecule has 0 bridgehead atoms. The standard InChI is InChI=1S/C21H14Cl2FN3O3/c1-29-15-3-2-4-16(18(15)24)30-10-5-6-11(13(22)7-10)20(28)12-8-26-21-17(12)19(25)14(23)9-27-21/h2-9H,1H3,(H3,25,26,27). The third-order valence-electron chi connectivity index (χ3n) is 4.50. The molecule has 0 spiro atoms. The minimum Gasteiger partial charge on any atom is -0.494 e. The number of aromatic nitrogens is 2. The van der Waals surface area contributed by atoms with E-state index in [1.807, 2.05) is 0 Å². The lowest BCUT2D eigenvalue weighted by Crippen LogP contribution is -2.03. The summed E-state index contributed by atoms with van der Waals surface area (Å²) >= 11 is 12.4. The van der Waals surface area contributed by atoms with Gasteiger partial charge in [0.15, 0.2) is 17.3 Å². The van der Waals surface area contributed by atoms with Gasteiger partial charge in [0.25, 0.3) is 0 Å². The monoisotopic (exact) mass is 445 g/mol. The maximum absolute atomic E-state index is 14.3. The molecule has 4 rings (SSSR count). The minimum absolute atomic E-state index is 0.0328. The van der Waals surface area contributed by atoms with Crippen LogP contribution < -0.4 is 15.2 Å². The van der Waals surface area contributed by atoms with Crippen molar-refractivity contribution in [3.8, 4) is 17.2 Å². The molecule has 0 atom stereocenters. The molecule has 152 valence electrons. The summed E-state index contributed by atoms with van der Waals surface area (Å²) in [5, 5.41) is 0.789. The molecule has 0 fully saturated rings. The summed E-state index contributed by atoms with van der Waals surface area (Å²) < 4.78 is 24.8. The van der Waals surface area contributed by atoms with Crippen molar-refractivity contribution < 1.29 is 18.7 Å². The van der Waals surface area contributed by atoms with Crippen molar-refractivity contribution in [2.75, 3.05) is 12.8 Å². The van der Waals surface area contributed by atoms with Crippen LogP contribution in [0.5, 0.6) is 17.2 Å². The van der Waals surface area contributed by atoms with E-state index in [0.717, 1.165) is 0 Å². The van der Waals surface area contributed by atoms with Crippen molar-refractivity contribution in [1.82, 2.24) is 9.97 Å². The third-order valence-corrected chi connectivity index (χ3v) is 5.11. The first kappa shape index (κ1) is 20.0. The Balaban J connectivity index is 1.68. The van der Waals surface area contributed by atoms with Crippen LogP contribution in [0, 0.1) is 5.82 Å². The predicted molar refractivity (Wildman–Crippen MR) is 113 cm³/mol. The summed E-state index contributed by atoms with van der Waals surface area (Å²) in [6.07, 6.45) is 2.90. The second-order valence-electron chi connectivity index (χ2n) is 6.29. The minimum atomic E-state index is -0.644. The van der Waals surface area contributed by atoms with Gasteiger partial charge in [-0.25, -0.2) is 4.98 Å². The number of halogens is 3. The van der Waals surface area contributed by atoms with Crippen molar-refractivity contribution in [1.29, 1.82) is 0 Å². The fourth-order valence-corrected chi connectivity index (χ4v) is 3.42. The molecular weight excluding hydrogens is 432 g/mol. The zero-order valence-corrected chi connectivity index (χ0v) is 17.0. The van der Waals surface area contributed by atoms with E-state index in [1.165, 1.54) is 49.8 Å². The van der Waals surface area contributed by atoms with Crippen LogP contribution in [-0.2, 0) is 0 Å². The average Bonchev–Trinajstić information content (AvgIpc) is 3.17. The van der Waals surface area contributed by atoms with Gasteiger partial charge in [0.1, 0.15) is 11.4 Å². The van der Waals surface area contributed by atoms with Gasteiger partial charge in [0, 0.05) is 17.8 Å². The molecule has 0 radical (unpaired) electrons. The molecule has 4 aromatic rings. The van der Waals surface area contributed by atoms with E-state index in [-0.39, 0.29) is 49.9 Å². The SMILES string of the molecule is COc1cccc(Oc2ccc(C(=O)c3c[nH]c4ncc(Cl)c(N)c34)c(Cl)c2)c1F. The van der Waals surface area contributed by atoms with Crippen LogP contribution in [0.2, 0.25) is 10.0 Å². The zero-order valence-electron chi connectivity index (χ0n) is 15.5. The van der Waals surface area contributed by atoms with E-state index in [0.29, 0.717) is 11.0 Å². The molecule has 0 saturated carbocycles. The van der Waals surface area contributed by atoms with Crippen LogP contribution in [0.1, 0.15) is 15.9 Å². The Hall–Kier alpha value is -3.29. The van der Waals surface area contributed by atoms with Gasteiger partial charge in [-0.2, -0.15) is 4.39 Å². The Morgan fingerprint density at radius 1 is 1.13 bits per heavy atom. The Morgan fingerprint density at radius 2 is 1.90 bits per heavy atom. The van der Waals surface area contributed by atoms with Crippen molar-refractivity contribution in [2.45, 2.75) is 0 Å². The number of nitrogens with two attached hydrogens (primary N) is 1. The number of rotatable bonds is 5. The summed E-state index contributed by atoms with van der Waals surface area (Å²) in [6, 6.07) is 8.96. The number of hydrogen-bond acceptors (Lipinski definition) is 5. The van der Waals surface area contributed by atoms with E-state index < -0.39 is 5.82 Å². The number of nitrogens with one attached hydrogen (secondary N) is 1. The van der Waals surface area contributed by atoms with Crippen LogP contribution in [0.15, 0.2) is 48.8 Å². The number of ketones is 1. The molecule has 0 aliphatic carbocycles. The molecule has 3 N–H and O–H groups in total. The number of carbonyl (C=O) groups excluding carboxylic acids is 1. The molecular formula is C21H14Cl2FN3O3. The number of anilines is 1. The Kier molecular flexibility index (Phi) is 5.24. The van der Waals surface area contributed by atoms with Crippen molar-refractivity contribution in [2.24, 2.45) is 0 Å². The highest BCUT2D eigenvalue weighted by molar-refractivity contribution is 6.37. The van der Waals surface area contributed by atoms with E-state index in [1.54, 1.807) is 6.07 Å². The van der Waals surface area contributed by atoms with Gasteiger partial charge in [0.2, 0.25) is 5.82 Å². The number of methoxy groups -OCH3 is 1. The van der Waals surface area contributed by atoms with Gasteiger partial charge in [-0.3, -0.25) is 4.79 Å². The van der Waals surface area contributed by atoms with Gasteiger partial charge in [-0.15, -0.1) is 0 Å². The quantitative estimate of drug-likeness (QED) is 0.388. The molecule has 30 heavy (non-hydrogen) atoms. The summed E-state index contributed by atoms with van der Waals surface area (Å²) in [7, 11) is 1.36. The summed E-state index contributed by atoms with van der Waals surface area (Å²) in [4.78, 5) is 20.1. The highest BCUT2D eigenvalue weighted by atomic mass is 35.5. The van der Waals surface area contributed by atoms with Gasteiger partial charge >= 0.3 is 0 Å². The van der Waals surface area contributed by atoms with Crippen LogP contribution in [0.25, 0.3) is 11.0 Å². The first-order valence-electron chi connectivity index (χ1n) is 8.66. The number of H-pyrrole nitrogens is 1. The second kappa shape index (κ2) is 7.85. The first-order chi connectivity index (χ1) is 14.4. The average molecular weight is 446 g/mol. The van der Waals surface area contributed by atoms with E-state index in [9.17, 15) is 9.18 Å². The lowest BCUT2D eigenvalue weighted by Gasteiger charge is -2.11. The van der Waals surface area contributed by atoms with Gasteiger partial charge in [-0.1, -0.05) is 29.3 Å². The highest BCUT2D eigenvalue weighted by Gasteiger charge is 2.21. The predicted octanol–water partition coefficient (Wildman–Crippen LogP) is 5.62. The number of pyridine rings is 1. The maximum atomic E-state index is 14.3. The molecule has 9 heteroatoms. The smallest absolute Gasteiger partial charge is 0.207 e. The van der Waals surface area contributed by atoms with Crippen molar-refractivity contribution in [3.05, 3.63) is 75.8 Å². The molecule has 6 nitrogen and oxygen atoms in total. The van der Waals surface area contributed by atoms with E-state index >= 15 is 0 Å². The van der Waals surface area contributed by atoms with Crippen molar-refractivity contribution >= 4 is 45.7 Å². The van der Waals surface area contributed by atoms with Gasteiger partial charge in [0.05, 0.1) is 40.0 Å². The number of nitrogens with zero attached hydrogens (tertiary/aromatic N) is 1. The molecule has 2 aromatic carbocycles. The fourth-order valence-electron chi connectivity index (χ4n) is 3.02. The molecule has 0 aliphatic rings. The number of hydrogen-bond donors (Lipinski definition) is 2. The summed E-state index contributed by atoms with van der Waals surface area (Å²) in [5.74, 6) is -0.743. The lowest BCUT2D eigenvalue weighted by molar-refractivity contribution is 0.104. The summed E-state index contributed by atoms with van der Waals surface area (Å²) in [5.41, 5.74) is 7.21. The third kappa shape index (κ3) is 3.42. The Labute approximate surface area is 180 Å². The Bertz CT molecular complexity index is 1290. The maximum Gasteiger partial charge on any atom is 0.207 e. The topological polar surface area (TPSA) is 90.2 Å². The van der Waals surface area contributed by atoms with Crippen molar-refractivity contribution in [3.63, 3.8) is 0 Å². The summed E-state index contributed by atoms with van der Waals surface area (Å²) in [6.45, 7) is 0. The van der Waals surface area contributed by atoms with Crippen LogP contribution in [0.3, 0.4) is 0 Å². The molecule has 0 saturated heterocycles. The molecule has 0 unspecified atom stereocenters. The highest BCUT2D eigenvalue weighted by Crippen LogP contribution is 2.34. The largest absolute Gasteiger partial charge is 0.494 e. The van der Waals surface area contributed by atoms with E-state index in [2.05, 4.69) is 9.97 Å². The number of ether oxygens (including phenoxy) is 2. The van der Waals surface area contributed by atoms with E-state index in [4.69, 9.17) is 38.4 Å². The van der Waals surface area contributed by atoms with Crippen LogP contribution in [0.4, 0.5) is 10.1 Å². The molecule has 2 heterocycles. The van der Waals surface area contributed by atoms with Crippen LogP contribution in [-0.4, -0.2) is 22.9 Å². The number of benzene rings is 2. The number of carbonyl (C=O) groups is 1. The Morgan fingerprint density at radius 3 is 2.63 bits per heavy atom. The van der Waals surface area contributed by atoms with Gasteiger partial charge < -0.3 is 20.2 Å². The number of aromatic amines is 1. The molecule has 2 aromatic heterocycles. The van der Waals surface area contributed by atoms with Gasteiger partial charge in [-0.05, 0) is 24.3 Å². The first-order valence-corrected chi connectivity index (χ1v) is 9.42. The fraction of sp³-hybridized carbons (Fsp3) is 0.0476. The number of nitrogen functional groups attached to an aromatic ring is 1. The number of fused-ring (bicyclic) bond motifs is 1. The normalized spacial score (nSPS) is 10.9. The lowest BCUT2D eigenvalue weighted by atomic mass is 10.0.